The zero-order valence-corrected chi connectivity index (χ0v) is 23.2. The van der Waals surface area contributed by atoms with Crippen molar-refractivity contribution in [2.75, 3.05) is 10.7 Å². The lowest BCUT2D eigenvalue weighted by molar-refractivity contribution is -0.120. The lowest BCUT2D eigenvalue weighted by atomic mass is 10.00. The first-order valence-corrected chi connectivity index (χ1v) is 13.9. The van der Waals surface area contributed by atoms with E-state index in [1.807, 2.05) is 0 Å². The number of Topliss-reactive ketones (excluding diaryl/α,β-unsaturated/α-hetero) is 1. The van der Waals surface area contributed by atoms with Gasteiger partial charge in [-0.25, -0.2) is 22.0 Å². The van der Waals surface area contributed by atoms with Crippen molar-refractivity contribution in [3.63, 3.8) is 0 Å². The van der Waals surface area contributed by atoms with Gasteiger partial charge in [-0.1, -0.05) is 31.5 Å². The zero-order valence-electron chi connectivity index (χ0n) is 21.6. The molecule has 2 amide bonds. The molecule has 0 saturated carbocycles. The largest absolute Gasteiger partial charge is 0.444 e. The van der Waals surface area contributed by atoms with Crippen molar-refractivity contribution in [1.29, 1.82) is 0 Å². The Labute approximate surface area is 225 Å². The highest BCUT2D eigenvalue weighted by molar-refractivity contribution is 7.91. The van der Waals surface area contributed by atoms with Crippen LogP contribution in [-0.2, 0) is 25.9 Å². The van der Waals surface area contributed by atoms with E-state index in [1.165, 1.54) is 12.1 Å². The summed E-state index contributed by atoms with van der Waals surface area (Å²) in [4.78, 5) is 39.2. The summed E-state index contributed by atoms with van der Waals surface area (Å²) in [6.07, 6.45) is -1.07. The molecule has 1 aliphatic heterocycles. The minimum atomic E-state index is -4.38. The molecule has 0 fully saturated rings. The predicted molar refractivity (Wildman–Crippen MR) is 138 cm³/mol. The number of nitrogens with zero attached hydrogens (tertiary/aromatic N) is 1. The van der Waals surface area contributed by atoms with E-state index >= 15 is 4.39 Å². The van der Waals surface area contributed by atoms with Crippen molar-refractivity contribution in [3.8, 4) is 0 Å². The first-order chi connectivity index (χ1) is 17.5. The van der Waals surface area contributed by atoms with Crippen LogP contribution < -0.4 is 10.2 Å². The Morgan fingerprint density at radius 2 is 1.82 bits per heavy atom. The van der Waals surface area contributed by atoms with Gasteiger partial charge in [0.25, 0.3) is 5.91 Å². The number of ketones is 1. The van der Waals surface area contributed by atoms with Gasteiger partial charge >= 0.3 is 6.09 Å². The van der Waals surface area contributed by atoms with Crippen molar-refractivity contribution in [3.05, 3.63) is 58.1 Å². The van der Waals surface area contributed by atoms with Gasteiger partial charge in [-0.05, 0) is 51.0 Å². The quantitative estimate of drug-likeness (QED) is 0.486. The number of sulfone groups is 1. The van der Waals surface area contributed by atoms with Crippen LogP contribution >= 0.6 is 11.6 Å². The average molecular weight is 571 g/mol. The molecule has 1 aliphatic rings. The van der Waals surface area contributed by atoms with Crippen LogP contribution in [0.5, 0.6) is 0 Å². The molecule has 2 aromatic rings. The number of alkyl carbamates (subject to hydrolysis) is 1. The number of hydrogen-bond acceptors (Lipinski definition) is 6. The number of benzene rings is 2. The lowest BCUT2D eigenvalue weighted by Gasteiger charge is -2.27. The summed E-state index contributed by atoms with van der Waals surface area (Å²) in [5.74, 6) is -4.36. The van der Waals surface area contributed by atoms with Gasteiger partial charge < -0.3 is 15.0 Å². The van der Waals surface area contributed by atoms with Gasteiger partial charge in [-0.15, -0.1) is 0 Å². The van der Waals surface area contributed by atoms with E-state index < -0.39 is 73.7 Å². The number of carbonyl (C=O) groups excluding carboxylic acids is 3. The van der Waals surface area contributed by atoms with Crippen LogP contribution in [0, 0.1) is 17.6 Å². The number of ether oxygens (including phenoxy) is 1. The van der Waals surface area contributed by atoms with E-state index in [0.29, 0.717) is 6.07 Å². The summed E-state index contributed by atoms with van der Waals surface area (Å²) in [5, 5.41) is 2.37. The standard InChI is InChI=1S/C26H29ClF2N2O6S/c1-14(2)8-22(32)17-10-21-23(11-19(17)29)38(35,36)13-20(30-25(34)37-26(3,4)5)24(33)31(21)12-15-6-7-16(27)9-18(15)28/h6-7,9-11,14,20H,8,12-13H2,1-5H3,(H,30,34)/t20-/m0/s1. The van der Waals surface area contributed by atoms with Gasteiger partial charge in [0.05, 0.1) is 28.4 Å². The van der Waals surface area contributed by atoms with Crippen molar-refractivity contribution in [1.82, 2.24) is 5.32 Å². The van der Waals surface area contributed by atoms with Gasteiger partial charge in [-0.3, -0.25) is 9.59 Å². The fourth-order valence-electron chi connectivity index (χ4n) is 3.92. The molecule has 0 radical (unpaired) electrons. The highest BCUT2D eigenvalue weighted by atomic mass is 35.5. The number of nitrogens with one attached hydrogen (secondary N) is 1. The number of halogens is 3. The molecule has 0 aromatic heterocycles. The summed E-state index contributed by atoms with van der Waals surface area (Å²) >= 11 is 5.84. The third-order valence-corrected chi connectivity index (χ3v) is 7.56. The first-order valence-electron chi connectivity index (χ1n) is 11.8. The molecule has 1 N–H and O–H groups in total. The van der Waals surface area contributed by atoms with Crippen molar-refractivity contribution in [2.24, 2.45) is 5.92 Å². The van der Waals surface area contributed by atoms with Crippen LogP contribution in [0.2, 0.25) is 5.02 Å². The number of fused-ring (bicyclic) bond motifs is 1. The second kappa shape index (κ2) is 11.0. The molecule has 1 heterocycles. The maximum absolute atomic E-state index is 15.1. The fraction of sp³-hybridized carbons (Fsp3) is 0.423. The molecule has 38 heavy (non-hydrogen) atoms. The molecular formula is C26H29ClF2N2O6S. The van der Waals surface area contributed by atoms with Gasteiger partial charge in [0.2, 0.25) is 0 Å². The van der Waals surface area contributed by atoms with Crippen molar-refractivity contribution < 1.29 is 36.3 Å². The van der Waals surface area contributed by atoms with Crippen LogP contribution in [-0.4, -0.2) is 43.6 Å². The number of anilines is 1. The van der Waals surface area contributed by atoms with E-state index in [9.17, 15) is 27.2 Å². The molecule has 1 atom stereocenters. The Kier molecular flexibility index (Phi) is 8.52. The second-order valence-electron chi connectivity index (χ2n) is 10.5. The predicted octanol–water partition coefficient (Wildman–Crippen LogP) is 5.06. The average Bonchev–Trinajstić information content (AvgIpc) is 2.82. The Balaban J connectivity index is 2.18. The monoisotopic (exact) mass is 570 g/mol. The fourth-order valence-corrected chi connectivity index (χ4v) is 5.70. The Morgan fingerprint density at radius 3 is 2.39 bits per heavy atom. The number of amides is 2. The number of carbonyl (C=O) groups is 3. The smallest absolute Gasteiger partial charge is 0.408 e. The molecule has 0 saturated heterocycles. The summed E-state index contributed by atoms with van der Waals surface area (Å²) in [6.45, 7) is 7.79. The molecule has 2 aromatic carbocycles. The first kappa shape index (κ1) is 29.5. The minimum Gasteiger partial charge on any atom is -0.444 e. The van der Waals surface area contributed by atoms with Crippen LogP contribution in [0.15, 0.2) is 35.2 Å². The molecule has 0 aliphatic carbocycles. The van der Waals surface area contributed by atoms with E-state index in [2.05, 4.69) is 5.32 Å². The van der Waals surface area contributed by atoms with Crippen LogP contribution in [0.1, 0.15) is 57.0 Å². The Morgan fingerprint density at radius 1 is 1.16 bits per heavy atom. The topological polar surface area (TPSA) is 110 Å². The second-order valence-corrected chi connectivity index (χ2v) is 12.9. The summed E-state index contributed by atoms with van der Waals surface area (Å²) in [7, 11) is -4.38. The maximum Gasteiger partial charge on any atom is 0.408 e. The highest BCUT2D eigenvalue weighted by Gasteiger charge is 2.40. The number of rotatable bonds is 6. The van der Waals surface area contributed by atoms with Gasteiger partial charge in [-0.2, -0.15) is 0 Å². The SMILES string of the molecule is CC(C)CC(=O)c1cc2c(cc1F)S(=O)(=O)C[C@H](NC(=O)OC(C)(C)C)C(=O)N2Cc1ccc(Cl)cc1F. The van der Waals surface area contributed by atoms with E-state index in [4.69, 9.17) is 16.3 Å². The van der Waals surface area contributed by atoms with E-state index in [1.54, 1.807) is 34.6 Å². The van der Waals surface area contributed by atoms with E-state index in [0.717, 1.165) is 17.0 Å². The minimum absolute atomic E-state index is 0.0228. The summed E-state index contributed by atoms with van der Waals surface area (Å²) < 4.78 is 61.6. The summed E-state index contributed by atoms with van der Waals surface area (Å²) in [6, 6.07) is 3.76. The normalized spacial score (nSPS) is 17.1. The Hall–Kier alpha value is -3.05. The molecule has 0 bridgehead atoms. The van der Waals surface area contributed by atoms with Crippen LogP contribution in [0.25, 0.3) is 0 Å². The van der Waals surface area contributed by atoms with E-state index in [-0.39, 0.29) is 28.6 Å². The van der Waals surface area contributed by atoms with Gasteiger partial charge in [0, 0.05) is 17.0 Å². The molecule has 0 spiro atoms. The van der Waals surface area contributed by atoms with Crippen LogP contribution in [0.3, 0.4) is 0 Å². The molecule has 206 valence electrons. The van der Waals surface area contributed by atoms with Crippen LogP contribution in [0.4, 0.5) is 19.3 Å². The Bertz CT molecular complexity index is 1390. The molecular weight excluding hydrogens is 542 g/mol. The zero-order chi connectivity index (χ0) is 28.6. The third-order valence-electron chi connectivity index (χ3n) is 5.55. The van der Waals surface area contributed by atoms with Gasteiger partial charge in [0.1, 0.15) is 23.3 Å². The third kappa shape index (κ3) is 6.87. The molecule has 12 heteroatoms. The van der Waals surface area contributed by atoms with Gasteiger partial charge in [0.15, 0.2) is 15.6 Å². The summed E-state index contributed by atoms with van der Waals surface area (Å²) in [5.41, 5.74) is -1.67. The molecule has 0 unspecified atom stereocenters. The number of hydrogen-bond donors (Lipinski definition) is 1. The van der Waals surface area contributed by atoms with Crippen molar-refractivity contribution in [2.45, 2.75) is 64.1 Å². The molecule has 3 rings (SSSR count). The molecule has 8 nitrogen and oxygen atoms in total. The maximum atomic E-state index is 15.1. The lowest BCUT2D eigenvalue weighted by Crippen LogP contribution is -2.51. The van der Waals surface area contributed by atoms with Crippen molar-refractivity contribution >= 4 is 44.9 Å². The highest BCUT2D eigenvalue weighted by Crippen LogP contribution is 2.35.